The van der Waals surface area contributed by atoms with Crippen LogP contribution in [0.1, 0.15) is 44.0 Å². The Kier molecular flexibility index (Phi) is 5.31. The van der Waals surface area contributed by atoms with E-state index in [-0.39, 0.29) is 11.6 Å². The highest BCUT2D eigenvalue weighted by Crippen LogP contribution is 2.35. The predicted octanol–water partition coefficient (Wildman–Crippen LogP) is 2.23. The molecule has 6 heteroatoms. The molecule has 0 fully saturated rings. The van der Waals surface area contributed by atoms with Gasteiger partial charge in [-0.2, -0.15) is 15.3 Å². The van der Waals surface area contributed by atoms with E-state index < -0.39 is 0 Å². The smallest absolute Gasteiger partial charge is 0.220 e. The lowest BCUT2D eigenvalue weighted by Gasteiger charge is -2.10. The number of nitrogens with zero attached hydrogens (tertiary/aromatic N) is 4. The standard InChI is InChI=1S/C16H23N5O/c1-4-6-9-16(19-20-16)10-11-17-15(22)8-7-14-12-13(3)18-21(14)5-2/h1,12H,5-11H2,2-3H3,(H,17,22). The zero-order valence-electron chi connectivity index (χ0n) is 13.3. The molecule has 1 amide bonds. The monoisotopic (exact) mass is 301 g/mol. The number of aromatic nitrogens is 2. The second kappa shape index (κ2) is 7.21. The summed E-state index contributed by atoms with van der Waals surface area (Å²) in [6.07, 6.45) is 8.59. The van der Waals surface area contributed by atoms with Crippen LogP contribution in [0.25, 0.3) is 0 Å². The van der Waals surface area contributed by atoms with Gasteiger partial charge in [-0.3, -0.25) is 9.48 Å². The summed E-state index contributed by atoms with van der Waals surface area (Å²) in [7, 11) is 0. The van der Waals surface area contributed by atoms with E-state index in [1.54, 1.807) is 0 Å². The predicted molar refractivity (Wildman–Crippen MR) is 84.2 cm³/mol. The van der Waals surface area contributed by atoms with E-state index in [1.807, 2.05) is 24.6 Å². The average Bonchev–Trinajstić information content (AvgIpc) is 3.17. The van der Waals surface area contributed by atoms with Gasteiger partial charge >= 0.3 is 0 Å². The van der Waals surface area contributed by atoms with E-state index in [9.17, 15) is 4.79 Å². The second-order valence-electron chi connectivity index (χ2n) is 5.58. The van der Waals surface area contributed by atoms with Crippen LogP contribution in [0.4, 0.5) is 0 Å². The number of nitrogens with one attached hydrogen (secondary N) is 1. The maximum absolute atomic E-state index is 11.9. The van der Waals surface area contributed by atoms with Crippen molar-refractivity contribution in [3.05, 3.63) is 17.5 Å². The topological polar surface area (TPSA) is 71.6 Å². The van der Waals surface area contributed by atoms with Crippen LogP contribution in [-0.2, 0) is 17.8 Å². The molecule has 0 saturated carbocycles. The zero-order chi connectivity index (χ0) is 16.0. The maximum Gasteiger partial charge on any atom is 0.220 e. The van der Waals surface area contributed by atoms with Gasteiger partial charge in [-0.15, -0.1) is 12.3 Å². The van der Waals surface area contributed by atoms with Crippen molar-refractivity contribution in [1.29, 1.82) is 0 Å². The molecule has 2 heterocycles. The van der Waals surface area contributed by atoms with Gasteiger partial charge in [0.25, 0.3) is 0 Å². The Hall–Kier alpha value is -2.16. The van der Waals surface area contributed by atoms with Crippen LogP contribution < -0.4 is 5.32 Å². The summed E-state index contributed by atoms with van der Waals surface area (Å²) in [6.45, 7) is 5.43. The molecule has 1 aromatic heterocycles. The third-order valence-corrected chi connectivity index (χ3v) is 3.79. The third kappa shape index (κ3) is 4.42. The van der Waals surface area contributed by atoms with E-state index in [1.165, 1.54) is 0 Å². The molecule has 0 atom stereocenters. The van der Waals surface area contributed by atoms with Crippen molar-refractivity contribution in [1.82, 2.24) is 15.1 Å². The van der Waals surface area contributed by atoms with Gasteiger partial charge in [0.1, 0.15) is 0 Å². The normalized spacial score (nSPS) is 14.6. The van der Waals surface area contributed by atoms with Gasteiger partial charge in [0.2, 0.25) is 5.91 Å². The Morgan fingerprint density at radius 3 is 2.86 bits per heavy atom. The van der Waals surface area contributed by atoms with Gasteiger partial charge < -0.3 is 5.32 Å². The summed E-state index contributed by atoms with van der Waals surface area (Å²) in [5, 5.41) is 15.4. The molecule has 2 rings (SSSR count). The highest BCUT2D eigenvalue weighted by molar-refractivity contribution is 5.76. The van der Waals surface area contributed by atoms with Crippen molar-refractivity contribution in [2.24, 2.45) is 10.2 Å². The Morgan fingerprint density at radius 2 is 2.23 bits per heavy atom. The van der Waals surface area contributed by atoms with E-state index in [0.29, 0.717) is 25.8 Å². The Labute approximate surface area is 131 Å². The van der Waals surface area contributed by atoms with Crippen molar-refractivity contribution >= 4 is 5.91 Å². The summed E-state index contributed by atoms with van der Waals surface area (Å²) in [6, 6.07) is 2.04. The van der Waals surface area contributed by atoms with Crippen molar-refractivity contribution in [2.45, 2.75) is 58.2 Å². The quantitative estimate of drug-likeness (QED) is 0.710. The lowest BCUT2D eigenvalue weighted by molar-refractivity contribution is -0.121. The van der Waals surface area contributed by atoms with Crippen LogP contribution in [0.5, 0.6) is 0 Å². The van der Waals surface area contributed by atoms with Crippen LogP contribution in [0.2, 0.25) is 0 Å². The number of carbonyl (C=O) groups excluding carboxylic acids is 1. The molecule has 118 valence electrons. The van der Waals surface area contributed by atoms with Gasteiger partial charge in [0.15, 0.2) is 5.66 Å². The fourth-order valence-electron chi connectivity index (χ4n) is 2.47. The molecule has 22 heavy (non-hydrogen) atoms. The molecular formula is C16H23N5O. The largest absolute Gasteiger partial charge is 0.356 e. The van der Waals surface area contributed by atoms with Crippen LogP contribution in [0.3, 0.4) is 0 Å². The highest BCUT2D eigenvalue weighted by Gasteiger charge is 2.38. The number of aryl methyl sites for hydroxylation is 3. The number of hydrogen-bond acceptors (Lipinski definition) is 4. The Balaban J connectivity index is 1.67. The molecule has 0 bridgehead atoms. The summed E-state index contributed by atoms with van der Waals surface area (Å²) in [5.41, 5.74) is 1.77. The molecule has 0 unspecified atom stereocenters. The van der Waals surface area contributed by atoms with E-state index >= 15 is 0 Å². The number of carbonyl (C=O) groups is 1. The highest BCUT2D eigenvalue weighted by atomic mass is 16.1. The molecule has 6 nitrogen and oxygen atoms in total. The Bertz CT molecular complexity index is 590. The van der Waals surface area contributed by atoms with Crippen LogP contribution >= 0.6 is 0 Å². The van der Waals surface area contributed by atoms with Crippen molar-refractivity contribution < 1.29 is 4.79 Å². The molecule has 0 saturated heterocycles. The average molecular weight is 301 g/mol. The third-order valence-electron chi connectivity index (χ3n) is 3.79. The fourth-order valence-corrected chi connectivity index (χ4v) is 2.47. The Morgan fingerprint density at radius 1 is 1.45 bits per heavy atom. The van der Waals surface area contributed by atoms with Gasteiger partial charge in [0.05, 0.1) is 5.69 Å². The molecular weight excluding hydrogens is 278 g/mol. The number of terminal acetylenes is 1. The van der Waals surface area contributed by atoms with Gasteiger partial charge in [-0.05, 0) is 26.3 Å². The minimum absolute atomic E-state index is 0.0502. The van der Waals surface area contributed by atoms with E-state index in [4.69, 9.17) is 6.42 Å². The number of hydrogen-bond donors (Lipinski definition) is 1. The summed E-state index contributed by atoms with van der Waals surface area (Å²) in [4.78, 5) is 11.9. The molecule has 0 aromatic carbocycles. The molecule has 0 radical (unpaired) electrons. The first kappa shape index (κ1) is 16.2. The van der Waals surface area contributed by atoms with E-state index in [0.717, 1.165) is 30.8 Å². The van der Waals surface area contributed by atoms with Crippen molar-refractivity contribution in [3.8, 4) is 12.3 Å². The molecule has 1 aromatic rings. The summed E-state index contributed by atoms with van der Waals surface area (Å²) < 4.78 is 1.94. The lowest BCUT2D eigenvalue weighted by Crippen LogP contribution is -2.28. The summed E-state index contributed by atoms with van der Waals surface area (Å²) >= 11 is 0. The molecule has 1 aliphatic rings. The molecule has 1 N–H and O–H groups in total. The first-order valence-electron chi connectivity index (χ1n) is 7.76. The molecule has 0 spiro atoms. The first-order chi connectivity index (χ1) is 10.6. The van der Waals surface area contributed by atoms with Crippen LogP contribution in [-0.4, -0.2) is 27.9 Å². The van der Waals surface area contributed by atoms with Gasteiger partial charge in [-0.25, -0.2) is 0 Å². The van der Waals surface area contributed by atoms with E-state index in [2.05, 4.69) is 26.6 Å². The first-order valence-corrected chi connectivity index (χ1v) is 7.76. The minimum Gasteiger partial charge on any atom is -0.356 e. The second-order valence-corrected chi connectivity index (χ2v) is 5.58. The van der Waals surface area contributed by atoms with Crippen LogP contribution in [0.15, 0.2) is 16.3 Å². The lowest BCUT2D eigenvalue weighted by atomic mass is 10.0. The fraction of sp³-hybridized carbons (Fsp3) is 0.625. The van der Waals surface area contributed by atoms with Crippen molar-refractivity contribution in [2.75, 3.05) is 6.54 Å². The summed E-state index contributed by atoms with van der Waals surface area (Å²) in [5.74, 6) is 2.65. The SMILES string of the molecule is C#CCCC1(CCNC(=O)CCc2cc(C)nn2CC)N=N1. The van der Waals surface area contributed by atoms with Gasteiger partial charge in [-0.1, -0.05) is 0 Å². The minimum atomic E-state index is -0.322. The number of rotatable bonds is 9. The van der Waals surface area contributed by atoms with Crippen LogP contribution in [0, 0.1) is 19.3 Å². The number of amides is 1. The van der Waals surface area contributed by atoms with Gasteiger partial charge in [0, 0.05) is 44.5 Å². The van der Waals surface area contributed by atoms with Crippen molar-refractivity contribution in [3.63, 3.8) is 0 Å². The zero-order valence-corrected chi connectivity index (χ0v) is 13.3. The maximum atomic E-state index is 11.9. The molecule has 1 aliphatic heterocycles. The molecule has 0 aliphatic carbocycles.